The number of aromatic hydroxyl groups is 1. The van der Waals surface area contributed by atoms with Gasteiger partial charge in [-0.25, -0.2) is 0 Å². The fraction of sp³-hybridized carbons (Fsp3) is 0.133. The van der Waals surface area contributed by atoms with Gasteiger partial charge in [0.1, 0.15) is 5.75 Å². The Balaban J connectivity index is 2.24. The highest BCUT2D eigenvalue weighted by molar-refractivity contribution is 5.76. The maximum Gasteiger partial charge on any atom is 0.311 e. The molecule has 2 aromatic rings. The van der Waals surface area contributed by atoms with Gasteiger partial charge in [-0.2, -0.15) is 0 Å². The molecule has 0 amide bonds. The van der Waals surface area contributed by atoms with Crippen LogP contribution in [0.1, 0.15) is 17.0 Å². The first-order valence-electron chi connectivity index (χ1n) is 5.72. The van der Waals surface area contributed by atoms with Crippen molar-refractivity contribution < 1.29 is 15.0 Å². The first-order valence-corrected chi connectivity index (χ1v) is 5.72. The molecule has 2 aromatic carbocycles. The molecule has 18 heavy (non-hydrogen) atoms. The first-order chi connectivity index (χ1) is 8.66. The predicted molar refractivity (Wildman–Crippen MR) is 68.6 cm³/mol. The van der Waals surface area contributed by atoms with E-state index in [0.717, 1.165) is 5.56 Å². The van der Waals surface area contributed by atoms with Crippen molar-refractivity contribution in [2.45, 2.75) is 12.3 Å². The molecule has 0 aliphatic carbocycles. The summed E-state index contributed by atoms with van der Waals surface area (Å²) in [6.45, 7) is 0. The summed E-state index contributed by atoms with van der Waals surface area (Å²) in [6, 6.07) is 15.8. The van der Waals surface area contributed by atoms with Crippen molar-refractivity contribution in [1.82, 2.24) is 0 Å². The highest BCUT2D eigenvalue weighted by Crippen LogP contribution is 2.23. The quantitative estimate of drug-likeness (QED) is 0.866. The minimum absolute atomic E-state index is 0.141. The lowest BCUT2D eigenvalue weighted by molar-refractivity contribution is -0.138. The van der Waals surface area contributed by atoms with Crippen LogP contribution >= 0.6 is 0 Å². The first kappa shape index (κ1) is 12.2. The maximum atomic E-state index is 11.3. The SMILES string of the molecule is O=C(O)C(Cc1ccccc1)c1ccc(O)cc1. The van der Waals surface area contributed by atoms with Crippen molar-refractivity contribution in [3.8, 4) is 5.75 Å². The summed E-state index contributed by atoms with van der Waals surface area (Å²) < 4.78 is 0. The molecule has 3 nitrogen and oxygen atoms in total. The van der Waals surface area contributed by atoms with Crippen molar-refractivity contribution in [3.63, 3.8) is 0 Å². The predicted octanol–water partition coefficient (Wildman–Crippen LogP) is 2.80. The van der Waals surface area contributed by atoms with Gasteiger partial charge in [-0.05, 0) is 29.7 Å². The zero-order valence-electron chi connectivity index (χ0n) is 9.78. The third-order valence-electron chi connectivity index (χ3n) is 2.88. The van der Waals surface area contributed by atoms with Gasteiger partial charge in [-0.3, -0.25) is 4.79 Å². The molecule has 2 N–H and O–H groups in total. The van der Waals surface area contributed by atoms with E-state index in [-0.39, 0.29) is 5.75 Å². The van der Waals surface area contributed by atoms with Crippen molar-refractivity contribution in [1.29, 1.82) is 0 Å². The third kappa shape index (κ3) is 2.88. The van der Waals surface area contributed by atoms with Gasteiger partial charge >= 0.3 is 5.97 Å². The Hall–Kier alpha value is -2.29. The van der Waals surface area contributed by atoms with Gasteiger partial charge < -0.3 is 10.2 Å². The second-order valence-electron chi connectivity index (χ2n) is 4.17. The van der Waals surface area contributed by atoms with Gasteiger partial charge in [0.05, 0.1) is 5.92 Å². The summed E-state index contributed by atoms with van der Waals surface area (Å²) in [5, 5.41) is 18.5. The molecule has 0 aromatic heterocycles. The number of phenols is 1. The number of aliphatic carboxylic acids is 1. The molecule has 0 heterocycles. The van der Waals surface area contributed by atoms with E-state index < -0.39 is 11.9 Å². The molecule has 2 rings (SSSR count). The van der Waals surface area contributed by atoms with Gasteiger partial charge in [0, 0.05) is 0 Å². The Bertz CT molecular complexity index is 517. The van der Waals surface area contributed by atoms with E-state index >= 15 is 0 Å². The number of hydrogen-bond donors (Lipinski definition) is 2. The van der Waals surface area contributed by atoms with E-state index in [9.17, 15) is 15.0 Å². The van der Waals surface area contributed by atoms with E-state index in [1.807, 2.05) is 30.3 Å². The standard InChI is InChI=1S/C15H14O3/c16-13-8-6-12(7-9-13)14(15(17)18)10-11-4-2-1-3-5-11/h1-9,14,16H,10H2,(H,17,18). The zero-order valence-corrected chi connectivity index (χ0v) is 9.78. The lowest BCUT2D eigenvalue weighted by Crippen LogP contribution is -2.14. The Kier molecular flexibility index (Phi) is 3.63. The molecule has 3 heteroatoms. The van der Waals surface area contributed by atoms with Crippen LogP contribution in [0.4, 0.5) is 0 Å². The van der Waals surface area contributed by atoms with Gasteiger partial charge in [0.2, 0.25) is 0 Å². The Labute approximate surface area is 105 Å². The summed E-state index contributed by atoms with van der Waals surface area (Å²) >= 11 is 0. The van der Waals surface area contributed by atoms with Crippen LogP contribution in [0.3, 0.4) is 0 Å². The Morgan fingerprint density at radius 2 is 1.61 bits per heavy atom. The smallest absolute Gasteiger partial charge is 0.311 e. The van der Waals surface area contributed by atoms with Crippen molar-refractivity contribution in [2.24, 2.45) is 0 Å². The molecule has 0 saturated heterocycles. The molecule has 0 spiro atoms. The zero-order chi connectivity index (χ0) is 13.0. The minimum atomic E-state index is -0.857. The monoisotopic (exact) mass is 242 g/mol. The second kappa shape index (κ2) is 5.36. The molecule has 0 aliphatic rings. The molecule has 0 bridgehead atoms. The number of carboxylic acid groups (broad SMARTS) is 1. The lowest BCUT2D eigenvalue weighted by Gasteiger charge is -2.12. The largest absolute Gasteiger partial charge is 0.508 e. The average molecular weight is 242 g/mol. The normalized spacial score (nSPS) is 12.0. The summed E-state index contributed by atoms with van der Waals surface area (Å²) in [5.74, 6) is -1.31. The Morgan fingerprint density at radius 1 is 1.00 bits per heavy atom. The van der Waals surface area contributed by atoms with Crippen molar-refractivity contribution in [3.05, 3.63) is 65.7 Å². The number of carboxylic acids is 1. The van der Waals surface area contributed by atoms with Crippen LogP contribution in [0.2, 0.25) is 0 Å². The topological polar surface area (TPSA) is 57.5 Å². The van der Waals surface area contributed by atoms with Crippen LogP contribution in [-0.2, 0) is 11.2 Å². The molecule has 0 aliphatic heterocycles. The van der Waals surface area contributed by atoms with Crippen molar-refractivity contribution >= 4 is 5.97 Å². The van der Waals surface area contributed by atoms with Crippen LogP contribution in [0.25, 0.3) is 0 Å². The van der Waals surface area contributed by atoms with E-state index in [2.05, 4.69) is 0 Å². The highest BCUT2D eigenvalue weighted by atomic mass is 16.4. The van der Waals surface area contributed by atoms with Gasteiger partial charge in [-0.1, -0.05) is 42.5 Å². The molecule has 92 valence electrons. The fourth-order valence-corrected chi connectivity index (χ4v) is 1.90. The number of phenolic OH excluding ortho intramolecular Hbond substituents is 1. The molecule has 1 unspecified atom stereocenters. The van der Waals surface area contributed by atoms with Gasteiger partial charge in [0.25, 0.3) is 0 Å². The van der Waals surface area contributed by atoms with E-state index in [1.54, 1.807) is 12.1 Å². The van der Waals surface area contributed by atoms with Gasteiger partial charge in [-0.15, -0.1) is 0 Å². The highest BCUT2D eigenvalue weighted by Gasteiger charge is 2.20. The molecule has 0 radical (unpaired) electrons. The van der Waals surface area contributed by atoms with Crippen LogP contribution < -0.4 is 0 Å². The molecular weight excluding hydrogens is 228 g/mol. The second-order valence-corrected chi connectivity index (χ2v) is 4.17. The average Bonchev–Trinajstić information content (AvgIpc) is 2.38. The number of rotatable bonds is 4. The van der Waals surface area contributed by atoms with Crippen LogP contribution in [0.5, 0.6) is 5.75 Å². The van der Waals surface area contributed by atoms with E-state index in [0.29, 0.717) is 12.0 Å². The summed E-state index contributed by atoms with van der Waals surface area (Å²) in [5.41, 5.74) is 1.68. The number of benzene rings is 2. The maximum absolute atomic E-state index is 11.3. The number of carbonyl (C=O) groups is 1. The van der Waals surface area contributed by atoms with E-state index in [1.165, 1.54) is 12.1 Å². The molecule has 1 atom stereocenters. The lowest BCUT2D eigenvalue weighted by atomic mass is 9.92. The van der Waals surface area contributed by atoms with Crippen LogP contribution in [0.15, 0.2) is 54.6 Å². The van der Waals surface area contributed by atoms with Crippen LogP contribution in [0, 0.1) is 0 Å². The Morgan fingerprint density at radius 3 is 2.17 bits per heavy atom. The summed E-state index contributed by atoms with van der Waals surface area (Å²) in [4.78, 5) is 11.3. The van der Waals surface area contributed by atoms with Crippen LogP contribution in [-0.4, -0.2) is 16.2 Å². The fourth-order valence-electron chi connectivity index (χ4n) is 1.90. The molecule has 0 saturated carbocycles. The van der Waals surface area contributed by atoms with Crippen molar-refractivity contribution in [2.75, 3.05) is 0 Å². The minimum Gasteiger partial charge on any atom is -0.508 e. The van der Waals surface area contributed by atoms with E-state index in [4.69, 9.17) is 0 Å². The van der Waals surface area contributed by atoms with Gasteiger partial charge in [0.15, 0.2) is 0 Å². The molecular formula is C15H14O3. The third-order valence-corrected chi connectivity index (χ3v) is 2.88. The molecule has 0 fully saturated rings. The number of hydrogen-bond acceptors (Lipinski definition) is 2. The summed E-state index contributed by atoms with van der Waals surface area (Å²) in [7, 11) is 0. The summed E-state index contributed by atoms with van der Waals surface area (Å²) in [6.07, 6.45) is 0.445.